The lowest BCUT2D eigenvalue weighted by atomic mass is 9.94. The predicted octanol–water partition coefficient (Wildman–Crippen LogP) is 2.43. The molecule has 98 valence electrons. The summed E-state index contributed by atoms with van der Waals surface area (Å²) in [5, 5.41) is 5.51. The molecule has 0 aliphatic heterocycles. The molecule has 1 aromatic carbocycles. The van der Waals surface area contributed by atoms with Crippen molar-refractivity contribution in [2.75, 3.05) is 11.9 Å². The quantitative estimate of drug-likeness (QED) is 0.732. The summed E-state index contributed by atoms with van der Waals surface area (Å²) in [6.45, 7) is 6.16. The van der Waals surface area contributed by atoms with Crippen LogP contribution in [0.4, 0.5) is 10.5 Å². The second-order valence-electron chi connectivity index (χ2n) is 4.93. The molecule has 0 unspecified atom stereocenters. The fraction of sp³-hybridized carbons (Fsp3) is 0.385. The molecule has 0 spiro atoms. The van der Waals surface area contributed by atoms with E-state index < -0.39 is 0 Å². The first kappa shape index (κ1) is 14.4. The molecule has 0 radical (unpaired) electrons. The molecule has 0 saturated carbocycles. The number of nitrogens with one attached hydrogen (secondary N) is 2. The second kappa shape index (κ2) is 5.82. The van der Waals surface area contributed by atoms with Gasteiger partial charge in [0, 0.05) is 17.6 Å². The van der Waals surface area contributed by atoms with Crippen molar-refractivity contribution < 1.29 is 4.79 Å². The van der Waals surface area contributed by atoms with Gasteiger partial charge in [0.2, 0.25) is 0 Å². The molecule has 4 N–H and O–H groups in total. The first-order valence-corrected chi connectivity index (χ1v) is 6.13. The van der Waals surface area contributed by atoms with Crippen LogP contribution in [0.2, 0.25) is 0 Å². The van der Waals surface area contributed by atoms with Gasteiger partial charge in [0.1, 0.15) is 0 Å². The van der Waals surface area contributed by atoms with Crippen LogP contribution < -0.4 is 16.4 Å². The Hall–Kier alpha value is -1.62. The molecular weight excluding hydrogens is 246 g/mol. The molecule has 0 aliphatic carbocycles. The van der Waals surface area contributed by atoms with Gasteiger partial charge in [-0.05, 0) is 24.6 Å². The highest BCUT2D eigenvalue weighted by Gasteiger charge is 2.21. The van der Waals surface area contributed by atoms with E-state index in [0.29, 0.717) is 11.5 Å². The van der Waals surface area contributed by atoms with E-state index >= 15 is 0 Å². The summed E-state index contributed by atoms with van der Waals surface area (Å²) in [5.74, 6) is 0. The highest BCUT2D eigenvalue weighted by Crippen LogP contribution is 2.14. The first-order valence-electron chi connectivity index (χ1n) is 5.73. The second-order valence-corrected chi connectivity index (χ2v) is 5.37. The number of aryl methyl sites for hydroxylation is 1. The van der Waals surface area contributed by atoms with Gasteiger partial charge < -0.3 is 16.4 Å². The average molecular weight is 265 g/mol. The summed E-state index contributed by atoms with van der Waals surface area (Å²) < 4.78 is 0. The number of hydrogen-bond donors (Lipinski definition) is 3. The molecule has 5 heteroatoms. The molecule has 0 saturated heterocycles. The minimum atomic E-state index is -0.390. The van der Waals surface area contributed by atoms with Crippen LogP contribution in [0.3, 0.4) is 0 Å². The minimum Gasteiger partial charge on any atom is -0.393 e. The van der Waals surface area contributed by atoms with Crippen molar-refractivity contribution in [1.82, 2.24) is 5.32 Å². The van der Waals surface area contributed by atoms with Crippen molar-refractivity contribution in [3.05, 3.63) is 29.8 Å². The summed E-state index contributed by atoms with van der Waals surface area (Å²) in [5.41, 5.74) is 7.06. The fourth-order valence-electron chi connectivity index (χ4n) is 1.29. The Balaban J connectivity index is 2.50. The van der Waals surface area contributed by atoms with Crippen LogP contribution in [0.5, 0.6) is 0 Å². The van der Waals surface area contributed by atoms with Crippen LogP contribution in [-0.2, 0) is 0 Å². The van der Waals surface area contributed by atoms with E-state index in [1.54, 1.807) is 0 Å². The van der Waals surface area contributed by atoms with E-state index in [2.05, 4.69) is 10.6 Å². The van der Waals surface area contributed by atoms with Gasteiger partial charge in [-0.2, -0.15) is 0 Å². The van der Waals surface area contributed by atoms with Crippen LogP contribution >= 0.6 is 12.2 Å². The van der Waals surface area contributed by atoms with Crippen molar-refractivity contribution in [3.63, 3.8) is 0 Å². The number of carbonyl (C=O) groups is 1. The molecule has 18 heavy (non-hydrogen) atoms. The number of nitrogens with two attached hydrogens (primary N) is 1. The molecule has 0 aromatic heterocycles. The van der Waals surface area contributed by atoms with Crippen molar-refractivity contribution in [3.8, 4) is 0 Å². The number of thiocarbonyl (C=S) groups is 1. The number of rotatable bonds is 4. The maximum Gasteiger partial charge on any atom is 0.319 e. The van der Waals surface area contributed by atoms with E-state index in [-0.39, 0.29) is 11.4 Å². The minimum absolute atomic E-state index is 0.259. The van der Waals surface area contributed by atoms with Gasteiger partial charge in [-0.1, -0.05) is 38.2 Å². The number of amides is 2. The van der Waals surface area contributed by atoms with E-state index in [1.165, 1.54) is 0 Å². The van der Waals surface area contributed by atoms with Crippen molar-refractivity contribution >= 4 is 28.9 Å². The van der Waals surface area contributed by atoms with Gasteiger partial charge in [-0.3, -0.25) is 0 Å². The molecule has 1 rings (SSSR count). The molecular formula is C13H19N3OS. The largest absolute Gasteiger partial charge is 0.393 e. The summed E-state index contributed by atoms with van der Waals surface area (Å²) in [6.07, 6.45) is 0. The Kier molecular flexibility index (Phi) is 4.67. The summed E-state index contributed by atoms with van der Waals surface area (Å²) in [4.78, 5) is 12.1. The fourth-order valence-corrected chi connectivity index (χ4v) is 1.36. The maximum atomic E-state index is 11.7. The summed E-state index contributed by atoms with van der Waals surface area (Å²) >= 11 is 4.94. The number of urea groups is 1. The van der Waals surface area contributed by atoms with Crippen LogP contribution in [0.1, 0.15) is 19.4 Å². The third kappa shape index (κ3) is 4.33. The van der Waals surface area contributed by atoms with Crippen LogP contribution in [0, 0.1) is 12.3 Å². The normalized spacial score (nSPS) is 10.8. The molecule has 0 atom stereocenters. The van der Waals surface area contributed by atoms with Gasteiger partial charge in [0.25, 0.3) is 0 Å². The Morgan fingerprint density at radius 3 is 2.67 bits per heavy atom. The number of hydrogen-bond acceptors (Lipinski definition) is 2. The summed E-state index contributed by atoms with van der Waals surface area (Å²) in [6, 6.07) is 7.34. The molecule has 2 amide bonds. The molecule has 0 aliphatic rings. The zero-order valence-electron chi connectivity index (χ0n) is 10.9. The lowest BCUT2D eigenvalue weighted by Crippen LogP contribution is -2.42. The number of anilines is 1. The number of benzene rings is 1. The van der Waals surface area contributed by atoms with Crippen molar-refractivity contribution in [2.45, 2.75) is 20.8 Å². The lowest BCUT2D eigenvalue weighted by molar-refractivity contribution is 0.249. The van der Waals surface area contributed by atoms with E-state index in [0.717, 1.165) is 11.3 Å². The molecule has 4 nitrogen and oxygen atoms in total. The van der Waals surface area contributed by atoms with Crippen LogP contribution in [0.15, 0.2) is 24.3 Å². The molecule has 0 heterocycles. The van der Waals surface area contributed by atoms with E-state index in [4.69, 9.17) is 18.0 Å². The smallest absolute Gasteiger partial charge is 0.319 e. The number of carbonyl (C=O) groups excluding carboxylic acids is 1. The Morgan fingerprint density at radius 1 is 1.44 bits per heavy atom. The highest BCUT2D eigenvalue weighted by atomic mass is 32.1. The Bertz CT molecular complexity index is 457. The Labute approximate surface area is 113 Å². The highest BCUT2D eigenvalue weighted by molar-refractivity contribution is 7.80. The lowest BCUT2D eigenvalue weighted by Gasteiger charge is -2.23. The SMILES string of the molecule is Cc1cccc(NC(=O)NCC(C)(C)C(N)=S)c1. The third-order valence-corrected chi connectivity index (χ3v) is 3.19. The third-order valence-electron chi connectivity index (χ3n) is 2.63. The van der Waals surface area contributed by atoms with Gasteiger partial charge >= 0.3 is 6.03 Å². The van der Waals surface area contributed by atoms with Gasteiger partial charge in [0.05, 0.1) is 4.99 Å². The standard InChI is InChI=1S/C13H19N3OS/c1-9-5-4-6-10(7-9)16-12(17)15-8-13(2,3)11(14)18/h4-7H,8H2,1-3H3,(H2,14,18)(H2,15,16,17). The first-order chi connectivity index (χ1) is 8.31. The maximum absolute atomic E-state index is 11.7. The zero-order valence-corrected chi connectivity index (χ0v) is 11.7. The van der Waals surface area contributed by atoms with Gasteiger partial charge in [-0.25, -0.2) is 4.79 Å². The van der Waals surface area contributed by atoms with Gasteiger partial charge in [0.15, 0.2) is 0 Å². The molecule has 0 bridgehead atoms. The van der Waals surface area contributed by atoms with Crippen LogP contribution in [-0.4, -0.2) is 17.6 Å². The zero-order chi connectivity index (χ0) is 13.8. The van der Waals surface area contributed by atoms with Crippen molar-refractivity contribution in [2.24, 2.45) is 11.1 Å². The average Bonchev–Trinajstić information content (AvgIpc) is 2.26. The predicted molar refractivity (Wildman–Crippen MR) is 78.8 cm³/mol. The molecule has 1 aromatic rings. The topological polar surface area (TPSA) is 67.2 Å². The summed E-state index contributed by atoms with van der Waals surface area (Å²) in [7, 11) is 0. The van der Waals surface area contributed by atoms with Gasteiger partial charge in [-0.15, -0.1) is 0 Å². The van der Waals surface area contributed by atoms with Crippen LogP contribution in [0.25, 0.3) is 0 Å². The monoisotopic (exact) mass is 265 g/mol. The Morgan fingerprint density at radius 2 is 2.11 bits per heavy atom. The molecule has 0 fully saturated rings. The van der Waals surface area contributed by atoms with Crippen molar-refractivity contribution in [1.29, 1.82) is 0 Å². The van der Waals surface area contributed by atoms with E-state index in [9.17, 15) is 4.79 Å². The van der Waals surface area contributed by atoms with E-state index in [1.807, 2.05) is 45.0 Å².